The molecule has 1 unspecified atom stereocenters. The number of carboxylic acids is 1. The van der Waals surface area contributed by atoms with Crippen LogP contribution in [0.5, 0.6) is 0 Å². The maximum atomic E-state index is 11.6. The van der Waals surface area contributed by atoms with Gasteiger partial charge in [0.2, 0.25) is 11.7 Å². The van der Waals surface area contributed by atoms with Crippen molar-refractivity contribution in [2.75, 3.05) is 18.0 Å². The highest BCUT2D eigenvalue weighted by molar-refractivity contribution is 5.87. The molecule has 6 heteroatoms. The number of nitrogens with one attached hydrogen (secondary N) is 1. The molecule has 1 aliphatic rings. The van der Waals surface area contributed by atoms with Gasteiger partial charge in [-0.2, -0.15) is 0 Å². The summed E-state index contributed by atoms with van der Waals surface area (Å²) in [5.74, 6) is -0.831. The lowest BCUT2D eigenvalue weighted by molar-refractivity contribution is -0.123. The summed E-state index contributed by atoms with van der Waals surface area (Å²) in [4.78, 5) is 24.2. The van der Waals surface area contributed by atoms with Gasteiger partial charge in [-0.15, -0.1) is 0 Å². The molecular weight excluding hydrogens is 224 g/mol. The summed E-state index contributed by atoms with van der Waals surface area (Å²) >= 11 is 0. The second-order valence-corrected chi connectivity index (χ2v) is 3.85. The predicted octanol–water partition coefficient (Wildman–Crippen LogP) is 0.693. The molecule has 6 nitrogen and oxygen atoms in total. The van der Waals surface area contributed by atoms with Gasteiger partial charge < -0.3 is 19.7 Å². The van der Waals surface area contributed by atoms with E-state index in [9.17, 15) is 9.59 Å². The molecule has 0 bridgehead atoms. The Balaban J connectivity index is 2.24. The van der Waals surface area contributed by atoms with Crippen LogP contribution in [0.1, 0.15) is 23.9 Å². The Morgan fingerprint density at radius 3 is 3.00 bits per heavy atom. The number of aromatic carboxylic acids is 1. The van der Waals surface area contributed by atoms with Gasteiger partial charge in [-0.05, 0) is 12.5 Å². The molecule has 2 heterocycles. The Labute approximate surface area is 98.2 Å². The molecule has 1 atom stereocenters. The first-order chi connectivity index (χ1) is 8.13. The van der Waals surface area contributed by atoms with E-state index in [4.69, 9.17) is 9.52 Å². The molecule has 2 rings (SSSR count). The average Bonchev–Trinajstić information content (AvgIpc) is 2.77. The van der Waals surface area contributed by atoms with Crippen molar-refractivity contribution in [3.63, 3.8) is 0 Å². The first-order valence-electron chi connectivity index (χ1n) is 5.51. The van der Waals surface area contributed by atoms with Crippen LogP contribution in [0, 0.1) is 0 Å². The molecule has 1 fully saturated rings. The maximum absolute atomic E-state index is 11.6. The summed E-state index contributed by atoms with van der Waals surface area (Å²) in [6.07, 6.45) is 0.648. The van der Waals surface area contributed by atoms with E-state index in [1.807, 2.05) is 6.92 Å². The molecule has 0 saturated carbocycles. The van der Waals surface area contributed by atoms with Crippen molar-refractivity contribution in [2.45, 2.75) is 19.4 Å². The molecule has 0 aromatic carbocycles. The monoisotopic (exact) mass is 238 g/mol. The van der Waals surface area contributed by atoms with Crippen LogP contribution in [0.2, 0.25) is 0 Å². The quantitative estimate of drug-likeness (QED) is 0.809. The van der Waals surface area contributed by atoms with Crippen LogP contribution in [-0.4, -0.2) is 36.1 Å². The van der Waals surface area contributed by atoms with Crippen molar-refractivity contribution in [1.82, 2.24) is 5.32 Å². The maximum Gasteiger partial charge on any atom is 0.371 e. The van der Waals surface area contributed by atoms with Gasteiger partial charge in [-0.1, -0.05) is 6.92 Å². The Morgan fingerprint density at radius 2 is 2.41 bits per heavy atom. The molecule has 1 amide bonds. The third-order valence-corrected chi connectivity index (χ3v) is 2.80. The van der Waals surface area contributed by atoms with Crippen molar-refractivity contribution in [1.29, 1.82) is 0 Å². The lowest BCUT2D eigenvalue weighted by atomic mass is 10.1. The van der Waals surface area contributed by atoms with Crippen LogP contribution in [0.25, 0.3) is 0 Å². The number of hydrogen-bond acceptors (Lipinski definition) is 4. The van der Waals surface area contributed by atoms with Gasteiger partial charge in [-0.3, -0.25) is 4.79 Å². The normalized spacial score (nSPS) is 20.2. The average molecular weight is 238 g/mol. The highest BCUT2D eigenvalue weighted by Crippen LogP contribution is 2.23. The van der Waals surface area contributed by atoms with Crippen molar-refractivity contribution in [2.24, 2.45) is 0 Å². The molecule has 0 aliphatic carbocycles. The van der Waals surface area contributed by atoms with Crippen LogP contribution in [0.3, 0.4) is 0 Å². The highest BCUT2D eigenvalue weighted by atomic mass is 16.4. The minimum Gasteiger partial charge on any atom is -0.475 e. The number of hydrogen-bond donors (Lipinski definition) is 2. The fourth-order valence-electron chi connectivity index (χ4n) is 1.98. The summed E-state index contributed by atoms with van der Waals surface area (Å²) < 4.78 is 5.21. The van der Waals surface area contributed by atoms with Crippen LogP contribution in [-0.2, 0) is 4.79 Å². The van der Waals surface area contributed by atoms with E-state index in [1.54, 1.807) is 11.0 Å². The largest absolute Gasteiger partial charge is 0.475 e. The molecule has 1 saturated heterocycles. The van der Waals surface area contributed by atoms with Crippen molar-refractivity contribution >= 4 is 17.8 Å². The Kier molecular flexibility index (Phi) is 3.03. The van der Waals surface area contributed by atoms with E-state index in [0.717, 1.165) is 0 Å². The third-order valence-electron chi connectivity index (χ3n) is 2.80. The summed E-state index contributed by atoms with van der Waals surface area (Å²) in [5, 5.41) is 11.6. The molecule has 1 aliphatic heterocycles. The summed E-state index contributed by atoms with van der Waals surface area (Å²) in [7, 11) is 0. The van der Waals surface area contributed by atoms with Gasteiger partial charge in [0.25, 0.3) is 0 Å². The van der Waals surface area contributed by atoms with Crippen LogP contribution < -0.4 is 10.2 Å². The van der Waals surface area contributed by atoms with Crippen LogP contribution >= 0.6 is 0 Å². The molecule has 1 aromatic rings. The van der Waals surface area contributed by atoms with Crippen molar-refractivity contribution in [3.05, 3.63) is 17.9 Å². The van der Waals surface area contributed by atoms with E-state index in [0.29, 0.717) is 25.4 Å². The number of carbonyl (C=O) groups is 2. The summed E-state index contributed by atoms with van der Waals surface area (Å²) in [5.41, 5.74) is 0. The van der Waals surface area contributed by atoms with E-state index >= 15 is 0 Å². The second-order valence-electron chi connectivity index (χ2n) is 3.85. The summed E-state index contributed by atoms with van der Waals surface area (Å²) in [6.45, 7) is 3.07. The molecule has 17 heavy (non-hydrogen) atoms. The molecule has 1 aromatic heterocycles. The lowest BCUT2D eigenvalue weighted by Crippen LogP contribution is -2.55. The van der Waals surface area contributed by atoms with Gasteiger partial charge in [0, 0.05) is 19.2 Å². The molecule has 2 N–H and O–H groups in total. The van der Waals surface area contributed by atoms with E-state index in [1.165, 1.54) is 6.07 Å². The van der Waals surface area contributed by atoms with Crippen molar-refractivity contribution < 1.29 is 19.1 Å². The number of carbonyl (C=O) groups excluding carboxylic acids is 1. The van der Waals surface area contributed by atoms with Gasteiger partial charge in [0.05, 0.1) is 0 Å². The number of piperazine rings is 1. The fraction of sp³-hybridized carbons (Fsp3) is 0.455. The number of nitrogens with zero attached hydrogens (tertiary/aromatic N) is 1. The zero-order chi connectivity index (χ0) is 12.4. The van der Waals surface area contributed by atoms with Crippen LogP contribution in [0.4, 0.5) is 5.88 Å². The van der Waals surface area contributed by atoms with E-state index in [2.05, 4.69) is 5.32 Å². The minimum absolute atomic E-state index is 0.0491. The first kappa shape index (κ1) is 11.5. The third kappa shape index (κ3) is 2.11. The number of furan rings is 1. The number of carboxylic acid groups (broad SMARTS) is 1. The first-order valence-corrected chi connectivity index (χ1v) is 5.51. The molecule has 0 radical (unpaired) electrons. The number of rotatable bonds is 3. The van der Waals surface area contributed by atoms with Crippen molar-refractivity contribution in [3.8, 4) is 0 Å². The smallest absolute Gasteiger partial charge is 0.371 e. The zero-order valence-electron chi connectivity index (χ0n) is 9.47. The van der Waals surface area contributed by atoms with Gasteiger partial charge in [0.1, 0.15) is 6.04 Å². The number of anilines is 1. The molecule has 92 valence electrons. The SMILES string of the molecule is CCC1C(=O)NCCN1c1ccc(C(=O)O)o1. The van der Waals surface area contributed by atoms with E-state index in [-0.39, 0.29) is 17.7 Å². The topological polar surface area (TPSA) is 82.8 Å². The summed E-state index contributed by atoms with van der Waals surface area (Å²) in [6, 6.07) is 2.69. The zero-order valence-corrected chi connectivity index (χ0v) is 9.47. The lowest BCUT2D eigenvalue weighted by Gasteiger charge is -2.34. The standard InChI is InChI=1S/C11H14N2O4/c1-2-7-10(14)12-5-6-13(7)9-4-3-8(17-9)11(15)16/h3-4,7H,2,5-6H2,1H3,(H,12,14)(H,15,16). The Hall–Kier alpha value is -1.98. The predicted molar refractivity (Wildman–Crippen MR) is 60.1 cm³/mol. The van der Waals surface area contributed by atoms with E-state index < -0.39 is 5.97 Å². The second kappa shape index (κ2) is 4.48. The number of amides is 1. The van der Waals surface area contributed by atoms with Gasteiger partial charge >= 0.3 is 5.97 Å². The van der Waals surface area contributed by atoms with Gasteiger partial charge in [-0.25, -0.2) is 4.79 Å². The highest BCUT2D eigenvalue weighted by Gasteiger charge is 2.30. The minimum atomic E-state index is -1.11. The van der Waals surface area contributed by atoms with Gasteiger partial charge in [0.15, 0.2) is 5.88 Å². The Morgan fingerprint density at radius 1 is 1.65 bits per heavy atom. The van der Waals surface area contributed by atoms with Crippen LogP contribution in [0.15, 0.2) is 16.5 Å². The fourth-order valence-corrected chi connectivity index (χ4v) is 1.98. The molecular formula is C11H14N2O4. The molecule has 0 spiro atoms. The Bertz CT molecular complexity index is 440.